The van der Waals surface area contributed by atoms with Gasteiger partial charge in [-0.15, -0.1) is 0 Å². The quantitative estimate of drug-likeness (QED) is 0.745. The van der Waals surface area contributed by atoms with Crippen molar-refractivity contribution in [2.45, 2.75) is 13.8 Å². The van der Waals surface area contributed by atoms with E-state index in [0.29, 0.717) is 16.4 Å². The Morgan fingerprint density at radius 1 is 1.13 bits per heavy atom. The molecule has 0 spiro atoms. The van der Waals surface area contributed by atoms with E-state index < -0.39 is 0 Å². The van der Waals surface area contributed by atoms with E-state index in [0.717, 1.165) is 21.1 Å². The van der Waals surface area contributed by atoms with Crippen LogP contribution in [0.1, 0.15) is 21.7 Å². The minimum Gasteiger partial charge on any atom is -0.378 e. The summed E-state index contributed by atoms with van der Waals surface area (Å²) in [7, 11) is 1.78. The molecule has 1 amide bonds. The van der Waals surface area contributed by atoms with Crippen molar-refractivity contribution in [3.8, 4) is 10.4 Å². The van der Waals surface area contributed by atoms with E-state index in [2.05, 4.69) is 20.0 Å². The third-order valence-corrected chi connectivity index (χ3v) is 5.45. The van der Waals surface area contributed by atoms with Crippen LogP contribution in [0.5, 0.6) is 0 Å². The van der Waals surface area contributed by atoms with E-state index in [-0.39, 0.29) is 5.91 Å². The van der Waals surface area contributed by atoms with Crippen LogP contribution in [0.2, 0.25) is 0 Å². The number of aromatic nitrogens is 2. The molecule has 7 heteroatoms. The van der Waals surface area contributed by atoms with Gasteiger partial charge in [-0.1, -0.05) is 41.7 Å². The molecule has 0 aliphatic rings. The van der Waals surface area contributed by atoms with Gasteiger partial charge in [0.2, 0.25) is 0 Å². The smallest absolute Gasteiger partial charge is 0.262 e. The van der Waals surface area contributed by atoms with Gasteiger partial charge in [-0.2, -0.15) is 4.37 Å². The predicted molar refractivity (Wildman–Crippen MR) is 96.6 cm³/mol. The van der Waals surface area contributed by atoms with Crippen molar-refractivity contribution in [3.63, 3.8) is 0 Å². The average Bonchev–Trinajstić information content (AvgIpc) is 3.10. The standard InChI is InChI=1S/C16H16N4OS2/c1-9-12(15(17-3)23-20-9)14(21)19-16-18-10(2)13(22-16)11-7-5-4-6-8-11/h4-8,17H,1-3H3,(H,18,19,21). The summed E-state index contributed by atoms with van der Waals surface area (Å²) in [5.41, 5.74) is 3.30. The largest absolute Gasteiger partial charge is 0.378 e. The third kappa shape index (κ3) is 3.11. The second-order valence-electron chi connectivity index (χ2n) is 4.98. The van der Waals surface area contributed by atoms with E-state index >= 15 is 0 Å². The van der Waals surface area contributed by atoms with Crippen molar-refractivity contribution in [2.75, 3.05) is 17.7 Å². The number of anilines is 2. The van der Waals surface area contributed by atoms with Crippen LogP contribution >= 0.6 is 22.9 Å². The Labute approximate surface area is 142 Å². The maximum atomic E-state index is 12.5. The molecule has 3 aromatic rings. The van der Waals surface area contributed by atoms with Crippen molar-refractivity contribution in [3.05, 3.63) is 47.3 Å². The molecule has 0 aliphatic heterocycles. The fourth-order valence-corrected chi connectivity index (χ4v) is 3.98. The molecule has 23 heavy (non-hydrogen) atoms. The molecule has 2 N–H and O–H groups in total. The SMILES string of the molecule is CNc1snc(C)c1C(=O)Nc1nc(C)c(-c2ccccc2)s1. The number of nitrogens with one attached hydrogen (secondary N) is 2. The lowest BCUT2D eigenvalue weighted by Gasteiger charge is -2.03. The number of aryl methyl sites for hydroxylation is 2. The number of benzene rings is 1. The normalized spacial score (nSPS) is 10.6. The number of hydrogen-bond donors (Lipinski definition) is 2. The van der Waals surface area contributed by atoms with Gasteiger partial charge in [0, 0.05) is 7.05 Å². The summed E-state index contributed by atoms with van der Waals surface area (Å²) >= 11 is 2.76. The molecule has 0 saturated carbocycles. The van der Waals surface area contributed by atoms with Gasteiger partial charge in [-0.3, -0.25) is 10.1 Å². The van der Waals surface area contributed by atoms with E-state index in [4.69, 9.17) is 0 Å². The van der Waals surface area contributed by atoms with E-state index in [1.165, 1.54) is 22.9 Å². The van der Waals surface area contributed by atoms with Gasteiger partial charge in [-0.25, -0.2) is 4.98 Å². The Bertz CT molecular complexity index is 839. The highest BCUT2D eigenvalue weighted by Crippen LogP contribution is 2.33. The molecule has 3 rings (SSSR count). The third-order valence-electron chi connectivity index (χ3n) is 3.37. The Morgan fingerprint density at radius 2 is 1.87 bits per heavy atom. The van der Waals surface area contributed by atoms with Crippen molar-refractivity contribution in [1.82, 2.24) is 9.36 Å². The molecule has 0 bridgehead atoms. The van der Waals surface area contributed by atoms with Gasteiger partial charge < -0.3 is 5.32 Å². The van der Waals surface area contributed by atoms with Gasteiger partial charge in [-0.05, 0) is 30.9 Å². The van der Waals surface area contributed by atoms with Crippen LogP contribution in [0.25, 0.3) is 10.4 Å². The molecule has 0 fully saturated rings. The molecule has 2 heterocycles. The first-order valence-corrected chi connectivity index (χ1v) is 8.67. The van der Waals surface area contributed by atoms with E-state index in [1.807, 2.05) is 44.2 Å². The summed E-state index contributed by atoms with van der Waals surface area (Å²) in [4.78, 5) is 18.1. The second-order valence-corrected chi connectivity index (χ2v) is 6.75. The van der Waals surface area contributed by atoms with Crippen LogP contribution in [0.3, 0.4) is 0 Å². The number of amides is 1. The van der Waals surface area contributed by atoms with Crippen LogP contribution in [0, 0.1) is 13.8 Å². The monoisotopic (exact) mass is 344 g/mol. The maximum Gasteiger partial charge on any atom is 0.262 e. The van der Waals surface area contributed by atoms with Crippen molar-refractivity contribution < 1.29 is 4.79 Å². The molecule has 2 aromatic heterocycles. The van der Waals surface area contributed by atoms with Gasteiger partial charge in [0.1, 0.15) is 5.00 Å². The van der Waals surface area contributed by atoms with Crippen LogP contribution in [0.15, 0.2) is 30.3 Å². The number of rotatable bonds is 4. The molecule has 0 unspecified atom stereocenters. The fraction of sp³-hybridized carbons (Fsp3) is 0.188. The van der Waals surface area contributed by atoms with Crippen LogP contribution in [-0.2, 0) is 0 Å². The topological polar surface area (TPSA) is 66.9 Å². The molecular weight excluding hydrogens is 328 g/mol. The Balaban J connectivity index is 1.87. The minimum atomic E-state index is -0.186. The average molecular weight is 344 g/mol. The Morgan fingerprint density at radius 3 is 2.57 bits per heavy atom. The number of nitrogens with zero attached hydrogens (tertiary/aromatic N) is 2. The summed E-state index contributed by atoms with van der Waals surface area (Å²) < 4.78 is 4.22. The van der Waals surface area contributed by atoms with Gasteiger partial charge in [0.15, 0.2) is 5.13 Å². The molecule has 5 nitrogen and oxygen atoms in total. The number of thiazole rings is 1. The summed E-state index contributed by atoms with van der Waals surface area (Å²) in [5.74, 6) is -0.186. The zero-order valence-corrected chi connectivity index (χ0v) is 14.6. The second kappa shape index (κ2) is 6.47. The van der Waals surface area contributed by atoms with Gasteiger partial charge in [0.05, 0.1) is 21.8 Å². The Kier molecular flexibility index (Phi) is 4.40. The maximum absolute atomic E-state index is 12.5. The molecule has 0 radical (unpaired) electrons. The van der Waals surface area contributed by atoms with Crippen molar-refractivity contribution in [1.29, 1.82) is 0 Å². The zero-order chi connectivity index (χ0) is 16.4. The van der Waals surface area contributed by atoms with Gasteiger partial charge >= 0.3 is 0 Å². The van der Waals surface area contributed by atoms with E-state index in [1.54, 1.807) is 7.05 Å². The van der Waals surface area contributed by atoms with Crippen LogP contribution in [0.4, 0.5) is 10.1 Å². The minimum absolute atomic E-state index is 0.186. The van der Waals surface area contributed by atoms with Crippen molar-refractivity contribution in [2.24, 2.45) is 0 Å². The molecule has 1 aromatic carbocycles. The molecule has 0 atom stereocenters. The summed E-state index contributed by atoms with van der Waals surface area (Å²) in [5, 5.41) is 7.25. The number of carbonyl (C=O) groups excluding carboxylic acids is 1. The number of carbonyl (C=O) groups is 1. The predicted octanol–water partition coefficient (Wildman–Crippen LogP) is 4.18. The summed E-state index contributed by atoms with van der Waals surface area (Å²) in [6.45, 7) is 3.78. The lowest BCUT2D eigenvalue weighted by molar-refractivity contribution is 0.102. The summed E-state index contributed by atoms with van der Waals surface area (Å²) in [6, 6.07) is 10.0. The highest BCUT2D eigenvalue weighted by Gasteiger charge is 2.19. The van der Waals surface area contributed by atoms with Gasteiger partial charge in [0.25, 0.3) is 5.91 Å². The highest BCUT2D eigenvalue weighted by molar-refractivity contribution is 7.19. The lowest BCUT2D eigenvalue weighted by Crippen LogP contribution is -2.13. The first kappa shape index (κ1) is 15.6. The van der Waals surface area contributed by atoms with Crippen LogP contribution < -0.4 is 10.6 Å². The first-order valence-electron chi connectivity index (χ1n) is 7.08. The number of hydrogen-bond acceptors (Lipinski definition) is 6. The van der Waals surface area contributed by atoms with Crippen molar-refractivity contribution >= 4 is 38.9 Å². The summed E-state index contributed by atoms with van der Waals surface area (Å²) in [6.07, 6.45) is 0. The highest BCUT2D eigenvalue weighted by atomic mass is 32.1. The van der Waals surface area contributed by atoms with E-state index in [9.17, 15) is 4.79 Å². The molecule has 0 aliphatic carbocycles. The Hall–Kier alpha value is -2.25. The fourth-order valence-electron chi connectivity index (χ4n) is 2.27. The molecule has 0 saturated heterocycles. The van der Waals surface area contributed by atoms with Crippen LogP contribution in [-0.4, -0.2) is 22.3 Å². The zero-order valence-electron chi connectivity index (χ0n) is 13.0. The molecular formula is C16H16N4OS2. The first-order chi connectivity index (χ1) is 11.1. The lowest BCUT2D eigenvalue weighted by atomic mass is 10.2. The molecule has 118 valence electrons.